The zero-order chi connectivity index (χ0) is 24.4. The predicted octanol–water partition coefficient (Wildman–Crippen LogP) is 2.06. The van der Waals surface area contributed by atoms with Crippen LogP contribution in [0, 0.1) is 28.8 Å². The highest BCUT2D eigenvalue weighted by Gasteiger charge is 2.47. The van der Waals surface area contributed by atoms with Crippen LogP contribution in [0.1, 0.15) is 11.6 Å². The van der Waals surface area contributed by atoms with E-state index in [0.29, 0.717) is 10.5 Å². The number of nitriles is 1. The van der Waals surface area contributed by atoms with E-state index in [9.17, 15) is 23.4 Å². The average molecular weight is 493 g/mol. The molecule has 1 aliphatic rings. The maximum Gasteiger partial charge on any atom is 0.194 e. The molecule has 0 aliphatic carbocycles. The lowest BCUT2D eigenvalue weighted by Gasteiger charge is -2.43. The highest BCUT2D eigenvalue weighted by molar-refractivity contribution is 7.99. The van der Waals surface area contributed by atoms with Crippen molar-refractivity contribution in [1.29, 1.82) is 5.26 Å². The number of pyridine rings is 1. The number of hydrogen-bond donors (Lipinski definition) is 2. The third-order valence-electron chi connectivity index (χ3n) is 5.29. The number of thioether (sulfide) groups is 1. The largest absolute Gasteiger partial charge is 0.394 e. The van der Waals surface area contributed by atoms with E-state index in [4.69, 9.17) is 14.7 Å². The quantitative estimate of drug-likeness (QED) is 0.496. The van der Waals surface area contributed by atoms with Gasteiger partial charge in [0, 0.05) is 30.0 Å². The molecular weight excluding hydrogens is 475 g/mol. The van der Waals surface area contributed by atoms with E-state index in [1.54, 1.807) is 6.07 Å². The van der Waals surface area contributed by atoms with Crippen LogP contribution in [0.4, 0.5) is 13.2 Å². The minimum absolute atomic E-state index is 0.0296. The second kappa shape index (κ2) is 10.1. The maximum atomic E-state index is 13.7. The molecule has 3 heterocycles. The van der Waals surface area contributed by atoms with Crippen molar-refractivity contribution in [2.45, 2.75) is 34.7 Å². The van der Waals surface area contributed by atoms with E-state index in [1.807, 2.05) is 6.07 Å². The smallest absolute Gasteiger partial charge is 0.194 e. The van der Waals surface area contributed by atoms with Gasteiger partial charge < -0.3 is 19.7 Å². The monoisotopic (exact) mass is 493 g/mol. The molecule has 34 heavy (non-hydrogen) atoms. The van der Waals surface area contributed by atoms with Crippen molar-refractivity contribution >= 4 is 11.8 Å². The van der Waals surface area contributed by atoms with Gasteiger partial charge in [0.15, 0.2) is 17.5 Å². The fraction of sp³-hybridized carbons (Fsp3) is 0.333. The molecule has 5 atom stereocenters. The molecule has 0 amide bonds. The van der Waals surface area contributed by atoms with E-state index >= 15 is 0 Å². The third kappa shape index (κ3) is 4.63. The first-order valence-corrected chi connectivity index (χ1v) is 10.8. The van der Waals surface area contributed by atoms with Gasteiger partial charge in [-0.1, -0.05) is 17.0 Å². The molecule has 0 bridgehead atoms. The fourth-order valence-corrected chi connectivity index (χ4v) is 4.84. The third-order valence-corrected chi connectivity index (χ3v) is 6.39. The van der Waals surface area contributed by atoms with Crippen molar-refractivity contribution in [2.24, 2.45) is 0 Å². The van der Waals surface area contributed by atoms with E-state index in [2.05, 4.69) is 15.3 Å². The van der Waals surface area contributed by atoms with Gasteiger partial charge in [-0.2, -0.15) is 5.26 Å². The number of nitrogens with zero attached hydrogens (tertiary/aromatic N) is 5. The molecule has 2 N–H and O–H groups in total. The number of aliphatic hydroxyl groups is 2. The molecule has 4 rings (SSSR count). The second-order valence-electron chi connectivity index (χ2n) is 7.38. The lowest BCUT2D eigenvalue weighted by atomic mass is 9.97. The van der Waals surface area contributed by atoms with Crippen LogP contribution >= 0.6 is 11.8 Å². The van der Waals surface area contributed by atoms with Crippen molar-refractivity contribution in [3.8, 4) is 17.3 Å². The highest BCUT2D eigenvalue weighted by Crippen LogP contribution is 2.39. The van der Waals surface area contributed by atoms with Gasteiger partial charge in [0.2, 0.25) is 0 Å². The topological polar surface area (TPSA) is 126 Å². The first kappa shape index (κ1) is 24.1. The summed E-state index contributed by atoms with van der Waals surface area (Å²) in [5.41, 5.74) is -0.450. The number of methoxy groups -OCH3 is 1. The minimum Gasteiger partial charge on any atom is -0.394 e. The molecule has 1 aliphatic heterocycles. The number of rotatable bonds is 6. The number of aromatic nitrogens is 4. The van der Waals surface area contributed by atoms with E-state index in [-0.39, 0.29) is 11.3 Å². The molecule has 13 heteroatoms. The van der Waals surface area contributed by atoms with E-state index in [0.717, 1.165) is 12.1 Å². The Kier molecular flexibility index (Phi) is 7.15. The first-order valence-electron chi connectivity index (χ1n) is 9.92. The Bertz CT molecular complexity index is 1200. The molecule has 1 saturated heterocycles. The zero-order valence-electron chi connectivity index (χ0n) is 17.5. The zero-order valence-corrected chi connectivity index (χ0v) is 18.4. The van der Waals surface area contributed by atoms with Gasteiger partial charge in [-0.3, -0.25) is 4.98 Å². The molecule has 1 fully saturated rings. The Morgan fingerprint density at radius 2 is 1.97 bits per heavy atom. The van der Waals surface area contributed by atoms with Gasteiger partial charge in [-0.15, -0.1) is 5.10 Å². The summed E-state index contributed by atoms with van der Waals surface area (Å²) >= 11 is 1.17. The minimum atomic E-state index is -1.60. The number of halogens is 3. The van der Waals surface area contributed by atoms with Gasteiger partial charge in [0.25, 0.3) is 0 Å². The van der Waals surface area contributed by atoms with Gasteiger partial charge >= 0.3 is 0 Å². The molecule has 0 spiro atoms. The first-order chi connectivity index (χ1) is 16.4. The molecule has 3 aromatic rings. The molecule has 9 nitrogen and oxygen atoms in total. The van der Waals surface area contributed by atoms with Crippen LogP contribution in [-0.4, -0.2) is 67.7 Å². The van der Waals surface area contributed by atoms with Crippen molar-refractivity contribution < 1.29 is 32.9 Å². The van der Waals surface area contributed by atoms with Crippen LogP contribution in [0.3, 0.4) is 0 Å². The van der Waals surface area contributed by atoms with Crippen LogP contribution < -0.4 is 0 Å². The highest BCUT2D eigenvalue weighted by atomic mass is 32.2. The molecular formula is C21H18F3N5O4S. The summed E-state index contributed by atoms with van der Waals surface area (Å²) in [6, 6.07) is 4.24. The van der Waals surface area contributed by atoms with E-state index in [1.165, 1.54) is 42.1 Å². The fourth-order valence-electron chi connectivity index (χ4n) is 3.65. The summed E-state index contributed by atoms with van der Waals surface area (Å²) in [7, 11) is 1.40. The Morgan fingerprint density at radius 1 is 1.24 bits per heavy atom. The lowest BCUT2D eigenvalue weighted by molar-refractivity contribution is -0.186. The van der Waals surface area contributed by atoms with Gasteiger partial charge in [0.05, 0.1) is 18.4 Å². The number of hydrogen-bond acceptors (Lipinski definition) is 9. The van der Waals surface area contributed by atoms with Crippen molar-refractivity contribution in [2.75, 3.05) is 13.7 Å². The van der Waals surface area contributed by atoms with Crippen LogP contribution in [0.5, 0.6) is 0 Å². The number of benzene rings is 1. The Balaban J connectivity index is 1.67. The van der Waals surface area contributed by atoms with E-state index < -0.39 is 53.8 Å². The standard InChI is InChI=1S/C21H18F3N5O4S/c1-32-20-18(29-8-15(27-28-29)11-3-13(22)17(24)14(23)4-11)19(31)16(9-30)33-21(20)34-12-2-10(5-25)6-26-7-12/h2-4,6-8,16,18-21,30-31H,9H2,1H3. The number of aliphatic hydroxyl groups excluding tert-OH is 2. The van der Waals surface area contributed by atoms with Crippen LogP contribution in [-0.2, 0) is 9.47 Å². The van der Waals surface area contributed by atoms with Crippen LogP contribution in [0.2, 0.25) is 0 Å². The number of ether oxygens (including phenoxy) is 2. The molecule has 5 unspecified atom stereocenters. The van der Waals surface area contributed by atoms with Gasteiger partial charge in [0.1, 0.15) is 41.6 Å². The van der Waals surface area contributed by atoms with Crippen molar-refractivity contribution in [1.82, 2.24) is 20.0 Å². The summed E-state index contributed by atoms with van der Waals surface area (Å²) in [6.45, 7) is -0.516. The average Bonchev–Trinajstić information content (AvgIpc) is 3.32. The van der Waals surface area contributed by atoms with Crippen LogP contribution in [0.15, 0.2) is 41.7 Å². The van der Waals surface area contributed by atoms with Gasteiger partial charge in [-0.05, 0) is 18.2 Å². The maximum absolute atomic E-state index is 13.7. The summed E-state index contributed by atoms with van der Waals surface area (Å²) < 4.78 is 53.4. The van der Waals surface area contributed by atoms with Crippen LogP contribution in [0.25, 0.3) is 11.3 Å². The van der Waals surface area contributed by atoms with Crippen molar-refractivity contribution in [3.63, 3.8) is 0 Å². The SMILES string of the molecule is COC1C(Sc2cncc(C#N)c2)OC(CO)C(O)C1n1cc(-c2cc(F)c(F)c(F)c2)nn1. The molecule has 1 aromatic carbocycles. The molecule has 0 radical (unpaired) electrons. The Labute approximate surface area is 195 Å². The summed E-state index contributed by atoms with van der Waals surface area (Å²) in [5, 5.41) is 37.6. The second-order valence-corrected chi connectivity index (χ2v) is 8.56. The molecule has 2 aromatic heterocycles. The normalized spacial score (nSPS) is 24.7. The summed E-state index contributed by atoms with van der Waals surface area (Å²) in [5.74, 6) is -4.36. The molecule has 0 saturated carbocycles. The van der Waals surface area contributed by atoms with Crippen molar-refractivity contribution in [3.05, 3.63) is 59.8 Å². The predicted molar refractivity (Wildman–Crippen MR) is 112 cm³/mol. The Morgan fingerprint density at radius 3 is 2.62 bits per heavy atom. The summed E-state index contributed by atoms with van der Waals surface area (Å²) in [4.78, 5) is 4.60. The molecule has 178 valence electrons. The summed E-state index contributed by atoms with van der Waals surface area (Å²) in [6.07, 6.45) is 1.12. The van der Waals surface area contributed by atoms with Gasteiger partial charge in [-0.25, -0.2) is 17.9 Å². The Hall–Kier alpha value is -3.02. The lowest BCUT2D eigenvalue weighted by Crippen LogP contribution is -2.55.